The Morgan fingerprint density at radius 1 is 1.26 bits per heavy atom. The highest BCUT2D eigenvalue weighted by Gasteiger charge is 2.23. The molecular formula is C17H19N3O3. The number of benzene rings is 1. The lowest BCUT2D eigenvalue weighted by Gasteiger charge is -2.27. The van der Waals surface area contributed by atoms with Gasteiger partial charge < -0.3 is 9.88 Å². The molecule has 1 unspecified atom stereocenters. The molecule has 1 atom stereocenters. The number of hydrogen-bond acceptors (Lipinski definition) is 3. The lowest BCUT2D eigenvalue weighted by molar-refractivity contribution is 0.0706. The van der Waals surface area contributed by atoms with E-state index in [-0.39, 0.29) is 11.9 Å². The number of fused-ring (bicyclic) bond motifs is 1. The summed E-state index contributed by atoms with van der Waals surface area (Å²) in [5.74, 6) is -0.629. The second-order valence-electron chi connectivity index (χ2n) is 5.78. The number of hydrogen-bond donors (Lipinski definition) is 3. The van der Waals surface area contributed by atoms with Crippen molar-refractivity contribution in [3.05, 3.63) is 58.9 Å². The summed E-state index contributed by atoms with van der Waals surface area (Å²) in [6, 6.07) is 8.86. The number of carbonyl (C=O) groups is 2. The van der Waals surface area contributed by atoms with Crippen LogP contribution in [0.25, 0.3) is 0 Å². The standard InChI is InChI=1S/C17H19N3O3/c1-20-9-3-6-15(20)17(22)18-14-5-2-4-11-10-12(16(21)19-23)7-8-13(11)14/h3,6-10,14,23H,2,4-5H2,1H3,(H,18,22)(H,19,21). The quantitative estimate of drug-likeness (QED) is 0.598. The Labute approximate surface area is 134 Å². The molecule has 0 radical (unpaired) electrons. The van der Waals surface area contributed by atoms with Gasteiger partial charge in [0.2, 0.25) is 0 Å². The van der Waals surface area contributed by atoms with Crippen LogP contribution in [0.5, 0.6) is 0 Å². The molecule has 6 nitrogen and oxygen atoms in total. The summed E-state index contributed by atoms with van der Waals surface area (Å²) in [4.78, 5) is 23.9. The molecule has 2 amide bonds. The number of aryl methyl sites for hydroxylation is 2. The van der Waals surface area contributed by atoms with Crippen molar-refractivity contribution in [2.24, 2.45) is 7.05 Å². The predicted octanol–water partition coefficient (Wildman–Crippen LogP) is 1.95. The van der Waals surface area contributed by atoms with Gasteiger partial charge in [-0.1, -0.05) is 6.07 Å². The van der Waals surface area contributed by atoms with Crippen molar-refractivity contribution in [3.63, 3.8) is 0 Å². The van der Waals surface area contributed by atoms with Gasteiger partial charge in [-0.15, -0.1) is 0 Å². The normalized spacial score (nSPS) is 16.5. The molecule has 0 saturated heterocycles. The van der Waals surface area contributed by atoms with Crippen LogP contribution in [0.1, 0.15) is 50.9 Å². The number of amides is 2. The van der Waals surface area contributed by atoms with Gasteiger partial charge in [0.15, 0.2) is 0 Å². The van der Waals surface area contributed by atoms with Gasteiger partial charge in [-0.25, -0.2) is 5.48 Å². The maximum atomic E-state index is 12.4. The molecule has 1 aliphatic carbocycles. The fourth-order valence-corrected chi connectivity index (χ4v) is 3.10. The second-order valence-corrected chi connectivity index (χ2v) is 5.78. The first-order chi connectivity index (χ1) is 11.1. The third-order valence-corrected chi connectivity index (χ3v) is 4.30. The fraction of sp³-hybridized carbons (Fsp3) is 0.294. The van der Waals surface area contributed by atoms with E-state index in [9.17, 15) is 9.59 Å². The van der Waals surface area contributed by atoms with E-state index in [0.717, 1.165) is 30.4 Å². The van der Waals surface area contributed by atoms with Crippen LogP contribution in [-0.4, -0.2) is 21.6 Å². The van der Waals surface area contributed by atoms with E-state index in [1.54, 1.807) is 28.2 Å². The zero-order valence-electron chi connectivity index (χ0n) is 12.9. The molecule has 1 aliphatic rings. The molecular weight excluding hydrogens is 294 g/mol. The average Bonchev–Trinajstić information content (AvgIpc) is 3.00. The van der Waals surface area contributed by atoms with E-state index in [0.29, 0.717) is 11.3 Å². The van der Waals surface area contributed by atoms with Gasteiger partial charge in [0, 0.05) is 18.8 Å². The van der Waals surface area contributed by atoms with Crippen LogP contribution < -0.4 is 10.8 Å². The van der Waals surface area contributed by atoms with Crippen LogP contribution in [0.15, 0.2) is 36.5 Å². The highest BCUT2D eigenvalue weighted by atomic mass is 16.5. The van der Waals surface area contributed by atoms with Crippen molar-refractivity contribution in [2.45, 2.75) is 25.3 Å². The Hall–Kier alpha value is -2.60. The van der Waals surface area contributed by atoms with Crippen molar-refractivity contribution < 1.29 is 14.8 Å². The first-order valence-electron chi connectivity index (χ1n) is 7.59. The first-order valence-corrected chi connectivity index (χ1v) is 7.59. The van der Waals surface area contributed by atoms with Gasteiger partial charge in [-0.05, 0) is 54.7 Å². The molecule has 2 aromatic rings. The first kappa shape index (κ1) is 15.3. The zero-order chi connectivity index (χ0) is 16.4. The highest BCUT2D eigenvalue weighted by Crippen LogP contribution is 2.30. The molecule has 3 rings (SSSR count). The largest absolute Gasteiger partial charge is 0.347 e. The minimum absolute atomic E-state index is 0.0626. The smallest absolute Gasteiger partial charge is 0.274 e. The van der Waals surface area contributed by atoms with Gasteiger partial charge in [0.05, 0.1) is 6.04 Å². The number of nitrogens with zero attached hydrogens (tertiary/aromatic N) is 1. The maximum absolute atomic E-state index is 12.4. The van der Waals surface area contributed by atoms with Crippen LogP contribution in [0.4, 0.5) is 0 Å². The summed E-state index contributed by atoms with van der Waals surface area (Å²) in [7, 11) is 1.84. The monoisotopic (exact) mass is 313 g/mol. The SMILES string of the molecule is Cn1cccc1C(=O)NC1CCCc2cc(C(=O)NO)ccc21. The van der Waals surface area contributed by atoms with Crippen molar-refractivity contribution in [1.82, 2.24) is 15.4 Å². The van der Waals surface area contributed by atoms with E-state index in [1.165, 1.54) is 0 Å². The third-order valence-electron chi connectivity index (χ3n) is 4.30. The summed E-state index contributed by atoms with van der Waals surface area (Å²) in [6.07, 6.45) is 4.51. The summed E-state index contributed by atoms with van der Waals surface area (Å²) in [6.45, 7) is 0. The van der Waals surface area contributed by atoms with Crippen LogP contribution in [0.2, 0.25) is 0 Å². The number of aromatic nitrogens is 1. The van der Waals surface area contributed by atoms with Crippen LogP contribution >= 0.6 is 0 Å². The predicted molar refractivity (Wildman–Crippen MR) is 84.3 cm³/mol. The minimum Gasteiger partial charge on any atom is -0.347 e. The topological polar surface area (TPSA) is 83.4 Å². The molecule has 0 aliphatic heterocycles. The summed E-state index contributed by atoms with van der Waals surface area (Å²) >= 11 is 0. The van der Waals surface area contributed by atoms with E-state index in [1.807, 2.05) is 25.4 Å². The molecule has 0 saturated carbocycles. The number of hydroxylamine groups is 1. The molecule has 0 bridgehead atoms. The van der Waals surface area contributed by atoms with Crippen LogP contribution in [0, 0.1) is 0 Å². The second kappa shape index (κ2) is 6.26. The van der Waals surface area contributed by atoms with E-state index in [2.05, 4.69) is 5.32 Å². The van der Waals surface area contributed by atoms with E-state index in [4.69, 9.17) is 5.21 Å². The lowest BCUT2D eigenvalue weighted by Crippen LogP contribution is -2.32. The Balaban J connectivity index is 1.83. The van der Waals surface area contributed by atoms with Crippen molar-refractivity contribution in [2.75, 3.05) is 0 Å². The molecule has 3 N–H and O–H groups in total. The molecule has 6 heteroatoms. The molecule has 0 spiro atoms. The van der Waals surface area contributed by atoms with E-state index < -0.39 is 5.91 Å². The Bertz CT molecular complexity index is 751. The van der Waals surface area contributed by atoms with Crippen LogP contribution in [0.3, 0.4) is 0 Å². The molecule has 1 aromatic heterocycles. The van der Waals surface area contributed by atoms with Gasteiger partial charge in [-0.2, -0.15) is 0 Å². The molecule has 120 valence electrons. The zero-order valence-corrected chi connectivity index (χ0v) is 12.9. The maximum Gasteiger partial charge on any atom is 0.274 e. The van der Waals surface area contributed by atoms with E-state index >= 15 is 0 Å². The number of carbonyl (C=O) groups excluding carboxylic acids is 2. The van der Waals surface area contributed by atoms with Gasteiger partial charge in [-0.3, -0.25) is 14.8 Å². The Morgan fingerprint density at radius 2 is 2.09 bits per heavy atom. The summed E-state index contributed by atoms with van der Waals surface area (Å²) in [5.41, 5.74) is 4.75. The molecule has 1 aromatic carbocycles. The fourth-order valence-electron chi connectivity index (χ4n) is 3.10. The van der Waals surface area contributed by atoms with Crippen molar-refractivity contribution in [1.29, 1.82) is 0 Å². The number of nitrogens with one attached hydrogen (secondary N) is 2. The Morgan fingerprint density at radius 3 is 2.78 bits per heavy atom. The molecule has 1 heterocycles. The van der Waals surface area contributed by atoms with Crippen molar-refractivity contribution in [3.8, 4) is 0 Å². The number of rotatable bonds is 3. The Kier molecular flexibility index (Phi) is 4.16. The average molecular weight is 313 g/mol. The van der Waals surface area contributed by atoms with Gasteiger partial charge in [0.1, 0.15) is 5.69 Å². The van der Waals surface area contributed by atoms with Gasteiger partial charge >= 0.3 is 0 Å². The summed E-state index contributed by atoms with van der Waals surface area (Å²) < 4.78 is 1.79. The van der Waals surface area contributed by atoms with Crippen LogP contribution in [-0.2, 0) is 13.5 Å². The van der Waals surface area contributed by atoms with Crippen molar-refractivity contribution >= 4 is 11.8 Å². The lowest BCUT2D eigenvalue weighted by atomic mass is 9.86. The molecule has 23 heavy (non-hydrogen) atoms. The van der Waals surface area contributed by atoms with Gasteiger partial charge in [0.25, 0.3) is 11.8 Å². The molecule has 0 fully saturated rings. The highest BCUT2D eigenvalue weighted by molar-refractivity contribution is 5.94. The summed E-state index contributed by atoms with van der Waals surface area (Å²) in [5, 5.41) is 11.8. The third kappa shape index (κ3) is 2.98. The minimum atomic E-state index is -0.525.